The molecule has 7 nitrogen and oxygen atoms in total. The highest BCUT2D eigenvalue weighted by Gasteiger charge is 2.56. The molecule has 0 spiro atoms. The van der Waals surface area contributed by atoms with Gasteiger partial charge in [-0.2, -0.15) is 13.2 Å². The lowest BCUT2D eigenvalue weighted by molar-refractivity contribution is -0.141. The van der Waals surface area contributed by atoms with Crippen molar-refractivity contribution < 1.29 is 26.4 Å². The molecule has 2 heterocycles. The van der Waals surface area contributed by atoms with E-state index in [0.29, 0.717) is 11.8 Å². The van der Waals surface area contributed by atoms with Crippen LogP contribution in [0.3, 0.4) is 0 Å². The Bertz CT molecular complexity index is 982. The molecule has 5 rings (SSSR count). The van der Waals surface area contributed by atoms with Crippen molar-refractivity contribution in [2.45, 2.75) is 53.3 Å². The van der Waals surface area contributed by atoms with Gasteiger partial charge in [0.25, 0.3) is 5.91 Å². The number of carbonyl (C=O) groups is 1. The number of amides is 1. The largest absolute Gasteiger partial charge is 0.434 e. The zero-order valence-electron chi connectivity index (χ0n) is 17.7. The monoisotopic (exact) mass is 476 g/mol. The van der Waals surface area contributed by atoms with E-state index in [1.54, 1.807) is 0 Å². The molecule has 32 heavy (non-hydrogen) atoms. The van der Waals surface area contributed by atoms with Crippen LogP contribution in [-0.4, -0.2) is 59.8 Å². The molecule has 1 N–H and O–H groups in total. The zero-order chi connectivity index (χ0) is 22.8. The summed E-state index contributed by atoms with van der Waals surface area (Å²) in [7, 11) is -3.27. The third kappa shape index (κ3) is 4.32. The number of carbonyl (C=O) groups excluding carboxylic acids is 1. The van der Waals surface area contributed by atoms with Crippen LogP contribution in [0, 0.1) is 23.2 Å². The van der Waals surface area contributed by atoms with Gasteiger partial charge < -0.3 is 10.2 Å². The van der Waals surface area contributed by atoms with E-state index in [9.17, 15) is 26.4 Å². The Hall–Kier alpha value is -1.91. The van der Waals surface area contributed by atoms with E-state index in [1.165, 1.54) is 0 Å². The van der Waals surface area contributed by atoms with Crippen molar-refractivity contribution in [1.29, 1.82) is 0 Å². The molecule has 1 aliphatic heterocycles. The Kier molecular flexibility index (Phi) is 6.29. The Balaban J connectivity index is 0.00000289. The third-order valence-electron chi connectivity index (χ3n) is 7.59. The van der Waals surface area contributed by atoms with Crippen LogP contribution in [0.2, 0.25) is 0 Å². The predicted molar refractivity (Wildman–Crippen MR) is 115 cm³/mol. The number of sulfone groups is 1. The molecule has 1 aromatic rings. The summed E-state index contributed by atoms with van der Waals surface area (Å²) in [6.45, 7) is 6.30. The molecule has 4 fully saturated rings. The lowest BCUT2D eigenvalue weighted by Crippen LogP contribution is -2.58. The van der Waals surface area contributed by atoms with E-state index < -0.39 is 33.2 Å². The summed E-state index contributed by atoms with van der Waals surface area (Å²) in [5.41, 5.74) is -1.70. The summed E-state index contributed by atoms with van der Waals surface area (Å²) in [6.07, 6.45) is -1.95. The van der Waals surface area contributed by atoms with Gasteiger partial charge in [0.1, 0.15) is 0 Å². The van der Waals surface area contributed by atoms with Crippen molar-refractivity contribution in [3.63, 3.8) is 0 Å². The number of nitrogens with zero attached hydrogens (tertiary/aromatic N) is 3. The van der Waals surface area contributed by atoms with Crippen molar-refractivity contribution in [3.8, 4) is 0 Å². The highest BCUT2D eigenvalue weighted by atomic mass is 32.2. The van der Waals surface area contributed by atoms with Crippen LogP contribution < -0.4 is 5.32 Å². The lowest BCUT2D eigenvalue weighted by atomic mass is 9.45. The zero-order valence-corrected chi connectivity index (χ0v) is 18.6. The number of alkyl halides is 3. The third-order valence-corrected chi connectivity index (χ3v) is 9.20. The number of anilines is 1. The molecular formula is C21H31F3N4O3S. The van der Waals surface area contributed by atoms with E-state index in [0.717, 1.165) is 23.9 Å². The summed E-state index contributed by atoms with van der Waals surface area (Å²) in [6, 6.07) is -0.0216. The second-order valence-corrected chi connectivity index (χ2v) is 11.9. The molecule has 1 saturated heterocycles. The molecule has 0 radical (unpaired) electrons. The minimum absolute atomic E-state index is 0. The first-order valence-electron chi connectivity index (χ1n) is 10.5. The second kappa shape index (κ2) is 8.14. The average Bonchev–Trinajstić information content (AvgIpc) is 2.68. The van der Waals surface area contributed by atoms with E-state index in [1.807, 2.05) is 0 Å². The summed E-state index contributed by atoms with van der Waals surface area (Å²) in [5, 5.41) is 3.07. The first kappa shape index (κ1) is 24.7. The van der Waals surface area contributed by atoms with Crippen LogP contribution >= 0.6 is 0 Å². The second-order valence-electron chi connectivity index (χ2n) is 9.60. The van der Waals surface area contributed by atoms with E-state index in [-0.39, 0.29) is 55.3 Å². The smallest absolute Gasteiger partial charge is 0.351 e. The molecule has 11 heteroatoms. The maximum absolute atomic E-state index is 13.7. The minimum Gasteiger partial charge on any atom is -0.351 e. The van der Waals surface area contributed by atoms with Crippen LogP contribution in [0.1, 0.15) is 57.1 Å². The molecule has 0 unspecified atom stereocenters. The predicted octanol–water partition coefficient (Wildman–Crippen LogP) is 3.48. The standard InChI is InChI=1S/C20H27F3N4O3S.CH4/c1-11-14-8-12(19(14,2)3)9-15(11)25-18-24-10-13(16(26-18)20(21,22)23)17(28)27-4-6-31(29,30)7-5-27;/h10-12,14-15H,4-9H2,1-3H3,(H,24,25,26);1H4/t11-,12+,14-,15-;/m0./s1. The topological polar surface area (TPSA) is 92.3 Å². The van der Waals surface area contributed by atoms with Crippen molar-refractivity contribution in [3.05, 3.63) is 17.5 Å². The summed E-state index contributed by atoms with van der Waals surface area (Å²) >= 11 is 0. The number of fused-ring (bicyclic) bond motifs is 2. The number of rotatable bonds is 3. The molecule has 0 aromatic carbocycles. The van der Waals surface area contributed by atoms with Gasteiger partial charge in [0.2, 0.25) is 5.95 Å². The number of hydrogen-bond acceptors (Lipinski definition) is 6. The molecule has 2 bridgehead atoms. The fourth-order valence-corrected chi connectivity index (χ4v) is 6.62. The van der Waals surface area contributed by atoms with Gasteiger partial charge in [0, 0.05) is 25.3 Å². The van der Waals surface area contributed by atoms with Crippen LogP contribution in [-0.2, 0) is 16.0 Å². The van der Waals surface area contributed by atoms with E-state index in [4.69, 9.17) is 0 Å². The van der Waals surface area contributed by atoms with Crippen LogP contribution in [0.5, 0.6) is 0 Å². The Morgan fingerprint density at radius 1 is 1.22 bits per heavy atom. The highest BCUT2D eigenvalue weighted by Crippen LogP contribution is 2.61. The molecule has 1 aromatic heterocycles. The fraction of sp³-hybridized carbons (Fsp3) is 0.762. The highest BCUT2D eigenvalue weighted by molar-refractivity contribution is 7.91. The van der Waals surface area contributed by atoms with Crippen molar-refractivity contribution >= 4 is 21.7 Å². The van der Waals surface area contributed by atoms with Gasteiger partial charge in [-0.1, -0.05) is 28.2 Å². The number of aromatic nitrogens is 2. The van der Waals surface area contributed by atoms with Gasteiger partial charge in [-0.15, -0.1) is 0 Å². The molecule has 3 saturated carbocycles. The van der Waals surface area contributed by atoms with Crippen molar-refractivity contribution in [2.75, 3.05) is 29.9 Å². The van der Waals surface area contributed by atoms with Crippen LogP contribution in [0.4, 0.5) is 19.1 Å². The number of halogens is 3. The SMILES string of the molecule is C.C[C@@H]1[C@@H](Nc2ncc(C(=O)N3CCS(=O)(=O)CC3)c(C(F)(F)F)n2)C[C@H]2C[C@@H]1C2(C)C. The molecule has 1 amide bonds. The van der Waals surface area contributed by atoms with Gasteiger partial charge in [-0.3, -0.25) is 4.79 Å². The van der Waals surface area contributed by atoms with E-state index in [2.05, 4.69) is 36.1 Å². The van der Waals surface area contributed by atoms with Gasteiger partial charge in [0.15, 0.2) is 15.5 Å². The first-order chi connectivity index (χ1) is 14.3. The first-order valence-corrected chi connectivity index (χ1v) is 12.3. The van der Waals surface area contributed by atoms with Crippen LogP contribution in [0.15, 0.2) is 6.20 Å². The maximum Gasteiger partial charge on any atom is 0.434 e. The molecule has 4 aliphatic rings. The summed E-state index contributed by atoms with van der Waals surface area (Å²) in [5.74, 6) is -0.275. The molecule has 3 aliphatic carbocycles. The van der Waals surface area contributed by atoms with Gasteiger partial charge in [-0.25, -0.2) is 18.4 Å². The Labute approximate surface area is 187 Å². The van der Waals surface area contributed by atoms with E-state index >= 15 is 0 Å². The van der Waals surface area contributed by atoms with Crippen molar-refractivity contribution in [1.82, 2.24) is 14.9 Å². The molecule has 180 valence electrons. The summed E-state index contributed by atoms with van der Waals surface area (Å²) < 4.78 is 64.3. The summed E-state index contributed by atoms with van der Waals surface area (Å²) in [4.78, 5) is 21.5. The van der Waals surface area contributed by atoms with Gasteiger partial charge in [0.05, 0.1) is 17.1 Å². The quantitative estimate of drug-likeness (QED) is 0.718. The molecule has 4 atom stereocenters. The normalized spacial score (nSPS) is 30.6. The maximum atomic E-state index is 13.7. The Morgan fingerprint density at radius 2 is 1.84 bits per heavy atom. The molecular weight excluding hydrogens is 445 g/mol. The fourth-order valence-electron chi connectivity index (χ4n) is 5.42. The van der Waals surface area contributed by atoms with Crippen molar-refractivity contribution in [2.24, 2.45) is 23.2 Å². The minimum atomic E-state index is -4.84. The number of nitrogens with one attached hydrogen (secondary N) is 1. The number of hydrogen-bond donors (Lipinski definition) is 1. The van der Waals surface area contributed by atoms with Gasteiger partial charge >= 0.3 is 6.18 Å². The van der Waals surface area contributed by atoms with Crippen LogP contribution in [0.25, 0.3) is 0 Å². The Morgan fingerprint density at radius 3 is 2.38 bits per heavy atom. The average molecular weight is 477 g/mol. The lowest BCUT2D eigenvalue weighted by Gasteiger charge is -2.62. The van der Waals surface area contributed by atoms with Gasteiger partial charge in [-0.05, 0) is 36.0 Å².